The third-order valence-corrected chi connectivity index (χ3v) is 4.00. The Labute approximate surface area is 123 Å². The zero-order valence-electron chi connectivity index (χ0n) is 10.1. The molecule has 2 amide bonds. The average Bonchev–Trinajstić information content (AvgIpc) is 2.86. The van der Waals surface area contributed by atoms with E-state index in [1.807, 2.05) is 6.07 Å². The van der Waals surface area contributed by atoms with Gasteiger partial charge in [0.15, 0.2) is 0 Å². The summed E-state index contributed by atoms with van der Waals surface area (Å²) in [4.78, 5) is 23.7. The van der Waals surface area contributed by atoms with Crippen LogP contribution in [0.25, 0.3) is 0 Å². The van der Waals surface area contributed by atoms with Gasteiger partial charge in [-0.05, 0) is 39.5 Å². The molecule has 2 aromatic rings. The number of nitrogens with one attached hydrogen (secondary N) is 2. The van der Waals surface area contributed by atoms with E-state index in [1.54, 1.807) is 36.7 Å². The van der Waals surface area contributed by atoms with Crippen molar-refractivity contribution in [2.45, 2.75) is 0 Å². The summed E-state index contributed by atoms with van der Waals surface area (Å²) in [7, 11) is 1.55. The van der Waals surface area contributed by atoms with Crippen LogP contribution in [0.15, 0.2) is 40.2 Å². The maximum Gasteiger partial charge on any atom is 0.257 e. The van der Waals surface area contributed by atoms with E-state index in [-0.39, 0.29) is 11.8 Å². The minimum atomic E-state index is -0.250. The number of benzene rings is 1. The van der Waals surface area contributed by atoms with Crippen molar-refractivity contribution in [3.05, 3.63) is 51.3 Å². The lowest BCUT2D eigenvalue weighted by atomic mass is 10.2. The molecule has 1 aromatic carbocycles. The Morgan fingerprint density at radius 2 is 1.84 bits per heavy atom. The van der Waals surface area contributed by atoms with E-state index in [0.29, 0.717) is 20.6 Å². The van der Waals surface area contributed by atoms with Crippen LogP contribution in [-0.4, -0.2) is 18.9 Å². The highest BCUT2D eigenvalue weighted by atomic mass is 79.9. The van der Waals surface area contributed by atoms with Crippen molar-refractivity contribution >= 4 is 44.1 Å². The van der Waals surface area contributed by atoms with Crippen LogP contribution < -0.4 is 10.6 Å². The lowest BCUT2D eigenvalue weighted by Crippen LogP contribution is -2.20. The predicted molar refractivity (Wildman–Crippen MR) is 79.8 cm³/mol. The highest BCUT2D eigenvalue weighted by Crippen LogP contribution is 2.25. The average molecular weight is 339 g/mol. The molecule has 0 radical (unpaired) electrons. The van der Waals surface area contributed by atoms with Gasteiger partial charge in [-0.3, -0.25) is 9.59 Å². The molecule has 0 atom stereocenters. The smallest absolute Gasteiger partial charge is 0.257 e. The summed E-state index contributed by atoms with van der Waals surface area (Å²) < 4.78 is 0.713. The second-order valence-corrected chi connectivity index (χ2v) is 5.45. The molecule has 0 saturated heterocycles. The Hall–Kier alpha value is -1.66. The molecule has 0 aliphatic heterocycles. The third-order valence-electron chi connectivity index (χ3n) is 2.48. The standard InChI is InChI=1S/C13H11BrN2O2S/c1-15-11(17)9-6-7-19-13(9)16-12(18)8-4-2-3-5-10(8)14/h2-7H,1H3,(H,15,17)(H,16,18). The number of amides is 2. The van der Waals surface area contributed by atoms with Crippen LogP contribution in [0.5, 0.6) is 0 Å². The molecule has 1 heterocycles. The van der Waals surface area contributed by atoms with E-state index >= 15 is 0 Å². The van der Waals surface area contributed by atoms with E-state index in [4.69, 9.17) is 0 Å². The quantitative estimate of drug-likeness (QED) is 0.903. The molecule has 0 spiro atoms. The topological polar surface area (TPSA) is 58.2 Å². The number of anilines is 1. The Balaban J connectivity index is 2.23. The molecule has 0 saturated carbocycles. The fraction of sp³-hybridized carbons (Fsp3) is 0.0769. The van der Waals surface area contributed by atoms with Crippen LogP contribution >= 0.6 is 27.3 Å². The number of rotatable bonds is 3. The van der Waals surface area contributed by atoms with Gasteiger partial charge in [0.2, 0.25) is 0 Å². The fourth-order valence-corrected chi connectivity index (χ4v) is 2.78. The summed E-state index contributed by atoms with van der Waals surface area (Å²) in [6.07, 6.45) is 0. The first-order valence-electron chi connectivity index (χ1n) is 5.49. The van der Waals surface area contributed by atoms with Gasteiger partial charge in [0.05, 0.1) is 11.1 Å². The number of carbonyl (C=O) groups is 2. The summed E-state index contributed by atoms with van der Waals surface area (Å²) in [5, 5.41) is 7.60. The van der Waals surface area contributed by atoms with Gasteiger partial charge >= 0.3 is 0 Å². The van der Waals surface area contributed by atoms with Crippen molar-refractivity contribution in [3.8, 4) is 0 Å². The molecular weight excluding hydrogens is 328 g/mol. The molecule has 4 nitrogen and oxygen atoms in total. The fourth-order valence-electron chi connectivity index (χ4n) is 1.54. The van der Waals surface area contributed by atoms with E-state index in [9.17, 15) is 9.59 Å². The van der Waals surface area contributed by atoms with Crippen molar-refractivity contribution < 1.29 is 9.59 Å². The molecule has 0 bridgehead atoms. The first-order chi connectivity index (χ1) is 9.13. The second-order valence-electron chi connectivity index (χ2n) is 3.68. The molecule has 0 aliphatic carbocycles. The molecule has 98 valence electrons. The molecule has 0 unspecified atom stereocenters. The first-order valence-corrected chi connectivity index (χ1v) is 7.16. The molecular formula is C13H11BrN2O2S. The van der Waals surface area contributed by atoms with Gasteiger partial charge in [0.1, 0.15) is 5.00 Å². The zero-order valence-corrected chi connectivity index (χ0v) is 12.5. The minimum absolute atomic E-state index is 0.219. The second kappa shape index (κ2) is 5.99. The first kappa shape index (κ1) is 13.8. The summed E-state index contributed by atoms with van der Waals surface area (Å²) in [6.45, 7) is 0. The number of halogens is 1. The normalized spacial score (nSPS) is 10.0. The van der Waals surface area contributed by atoms with Crippen molar-refractivity contribution in [3.63, 3.8) is 0 Å². The Kier molecular flexibility index (Phi) is 4.34. The molecule has 19 heavy (non-hydrogen) atoms. The van der Waals surface area contributed by atoms with Crippen LogP contribution in [0, 0.1) is 0 Å². The molecule has 6 heteroatoms. The van der Waals surface area contributed by atoms with Gasteiger partial charge in [0, 0.05) is 11.5 Å². The van der Waals surface area contributed by atoms with Gasteiger partial charge < -0.3 is 10.6 Å². The van der Waals surface area contributed by atoms with Gasteiger partial charge in [0.25, 0.3) is 11.8 Å². The Morgan fingerprint density at radius 1 is 1.11 bits per heavy atom. The van der Waals surface area contributed by atoms with Gasteiger partial charge in [-0.25, -0.2) is 0 Å². The molecule has 2 rings (SSSR count). The van der Waals surface area contributed by atoms with Crippen molar-refractivity contribution in [2.24, 2.45) is 0 Å². The summed E-state index contributed by atoms with van der Waals surface area (Å²) in [5.74, 6) is -0.469. The predicted octanol–water partition coefficient (Wildman–Crippen LogP) is 3.12. The highest BCUT2D eigenvalue weighted by Gasteiger charge is 2.15. The Bertz CT molecular complexity index is 625. The summed E-state index contributed by atoms with van der Waals surface area (Å²) in [5.41, 5.74) is 0.992. The largest absolute Gasteiger partial charge is 0.355 e. The van der Waals surface area contributed by atoms with Crippen LogP contribution in [-0.2, 0) is 0 Å². The molecule has 0 aliphatic rings. The van der Waals surface area contributed by atoms with E-state index in [0.717, 1.165) is 0 Å². The summed E-state index contributed by atoms with van der Waals surface area (Å²) >= 11 is 4.64. The van der Waals surface area contributed by atoms with Crippen LogP contribution in [0.4, 0.5) is 5.00 Å². The van der Waals surface area contributed by atoms with Crippen LogP contribution in [0.1, 0.15) is 20.7 Å². The van der Waals surface area contributed by atoms with Crippen molar-refractivity contribution in [1.82, 2.24) is 5.32 Å². The van der Waals surface area contributed by atoms with Crippen molar-refractivity contribution in [2.75, 3.05) is 12.4 Å². The minimum Gasteiger partial charge on any atom is -0.355 e. The lowest BCUT2D eigenvalue weighted by molar-refractivity contribution is 0.0964. The van der Waals surface area contributed by atoms with E-state index in [1.165, 1.54) is 11.3 Å². The number of thiophene rings is 1. The maximum atomic E-state index is 12.1. The number of hydrogen-bond acceptors (Lipinski definition) is 3. The highest BCUT2D eigenvalue weighted by molar-refractivity contribution is 9.10. The monoisotopic (exact) mass is 338 g/mol. The maximum absolute atomic E-state index is 12.1. The van der Waals surface area contributed by atoms with Gasteiger partial charge in [-0.2, -0.15) is 0 Å². The van der Waals surface area contributed by atoms with E-state index in [2.05, 4.69) is 26.6 Å². The SMILES string of the molecule is CNC(=O)c1ccsc1NC(=O)c1ccccc1Br. The Morgan fingerprint density at radius 3 is 2.53 bits per heavy atom. The summed E-state index contributed by atoms with van der Waals surface area (Å²) in [6, 6.07) is 8.81. The zero-order chi connectivity index (χ0) is 13.8. The molecule has 2 N–H and O–H groups in total. The number of carbonyl (C=O) groups excluding carboxylic acids is 2. The van der Waals surface area contributed by atoms with Gasteiger partial charge in [-0.15, -0.1) is 11.3 Å². The van der Waals surface area contributed by atoms with Crippen LogP contribution in [0.2, 0.25) is 0 Å². The molecule has 1 aromatic heterocycles. The lowest BCUT2D eigenvalue weighted by Gasteiger charge is -2.07. The molecule has 0 fully saturated rings. The van der Waals surface area contributed by atoms with Crippen molar-refractivity contribution in [1.29, 1.82) is 0 Å². The van der Waals surface area contributed by atoms with E-state index < -0.39 is 0 Å². The number of hydrogen-bond donors (Lipinski definition) is 2. The van der Waals surface area contributed by atoms with Gasteiger partial charge in [-0.1, -0.05) is 12.1 Å². The third kappa shape index (κ3) is 3.02. The van der Waals surface area contributed by atoms with Crippen LogP contribution in [0.3, 0.4) is 0 Å².